The van der Waals surface area contributed by atoms with Gasteiger partial charge >= 0.3 is 0 Å². The van der Waals surface area contributed by atoms with Crippen molar-refractivity contribution < 1.29 is 14.3 Å². The standard InChI is InChI=1S/C32H30N4O3/c1-2-39-28-14-8-5-11-23(28)31-30-24(22-10-4-7-13-26(22)34-30)17-27-32(38)35(19-29(37)36(27)31)16-15-20-18-33-25-12-6-3-9-21(20)25/h3-14,18,27,31,33-34H,2,15-17,19H2,1H3. The van der Waals surface area contributed by atoms with Crippen molar-refractivity contribution in [3.8, 4) is 5.75 Å². The van der Waals surface area contributed by atoms with Crippen LogP contribution in [0, 0.1) is 0 Å². The number of para-hydroxylation sites is 3. The smallest absolute Gasteiger partial charge is 0.246 e. The monoisotopic (exact) mass is 518 g/mol. The first-order valence-electron chi connectivity index (χ1n) is 13.6. The predicted molar refractivity (Wildman–Crippen MR) is 151 cm³/mol. The van der Waals surface area contributed by atoms with E-state index in [2.05, 4.69) is 28.2 Å². The van der Waals surface area contributed by atoms with E-state index in [0.717, 1.165) is 49.9 Å². The van der Waals surface area contributed by atoms with Crippen molar-refractivity contribution in [3.05, 3.63) is 101 Å². The molecule has 7 heteroatoms. The molecule has 39 heavy (non-hydrogen) atoms. The molecule has 0 spiro atoms. The molecule has 1 saturated heterocycles. The molecule has 4 heterocycles. The third kappa shape index (κ3) is 3.80. The van der Waals surface area contributed by atoms with Crippen LogP contribution < -0.4 is 4.74 Å². The third-order valence-corrected chi connectivity index (χ3v) is 8.18. The van der Waals surface area contributed by atoms with Crippen LogP contribution in [0.3, 0.4) is 0 Å². The number of nitrogens with zero attached hydrogens (tertiary/aromatic N) is 2. The highest BCUT2D eigenvalue weighted by Gasteiger charge is 2.48. The van der Waals surface area contributed by atoms with E-state index in [0.29, 0.717) is 26.0 Å². The summed E-state index contributed by atoms with van der Waals surface area (Å²) in [6.07, 6.45) is 3.18. The second-order valence-electron chi connectivity index (χ2n) is 10.3. The van der Waals surface area contributed by atoms with Crippen LogP contribution in [-0.4, -0.2) is 57.3 Å². The Hall–Kier alpha value is -4.52. The van der Waals surface area contributed by atoms with Gasteiger partial charge in [0.05, 0.1) is 13.2 Å². The largest absolute Gasteiger partial charge is 0.494 e. The molecular formula is C32H30N4O3. The Bertz CT molecular complexity index is 1720. The highest BCUT2D eigenvalue weighted by Crippen LogP contribution is 2.44. The summed E-state index contributed by atoms with van der Waals surface area (Å²) in [5.41, 5.74) is 6.20. The summed E-state index contributed by atoms with van der Waals surface area (Å²) in [6, 6.07) is 23.2. The zero-order chi connectivity index (χ0) is 26.5. The maximum atomic E-state index is 14.1. The number of ether oxygens (including phenoxy) is 1. The molecule has 2 unspecified atom stereocenters. The van der Waals surface area contributed by atoms with E-state index in [1.807, 2.05) is 67.7 Å². The SMILES string of the molecule is CCOc1ccccc1C1c2[nH]c3ccccc3c2CC2C(=O)N(CCc3c[nH]c4ccccc34)CC(=O)N21. The van der Waals surface area contributed by atoms with Gasteiger partial charge in [0.1, 0.15) is 17.8 Å². The first-order chi connectivity index (χ1) is 19.1. The fourth-order valence-corrected chi connectivity index (χ4v) is 6.42. The number of fused-ring (bicyclic) bond motifs is 5. The number of aromatic nitrogens is 2. The first-order valence-corrected chi connectivity index (χ1v) is 13.6. The van der Waals surface area contributed by atoms with E-state index < -0.39 is 12.1 Å². The van der Waals surface area contributed by atoms with E-state index in [1.165, 1.54) is 0 Å². The number of H-pyrrole nitrogens is 2. The van der Waals surface area contributed by atoms with E-state index in [-0.39, 0.29) is 18.4 Å². The number of carbonyl (C=O) groups excluding carboxylic acids is 2. The van der Waals surface area contributed by atoms with Crippen molar-refractivity contribution in [1.82, 2.24) is 19.8 Å². The number of hydrogen-bond acceptors (Lipinski definition) is 3. The predicted octanol–water partition coefficient (Wildman–Crippen LogP) is 4.98. The Labute approximate surface area is 226 Å². The number of benzene rings is 3. The molecule has 2 N–H and O–H groups in total. The van der Waals surface area contributed by atoms with Crippen molar-refractivity contribution in [2.24, 2.45) is 0 Å². The van der Waals surface area contributed by atoms with Gasteiger partial charge in [0.2, 0.25) is 11.8 Å². The summed E-state index contributed by atoms with van der Waals surface area (Å²) in [5, 5.41) is 2.26. The average molecular weight is 519 g/mol. The molecule has 0 bridgehead atoms. The highest BCUT2D eigenvalue weighted by molar-refractivity contribution is 5.98. The van der Waals surface area contributed by atoms with Crippen molar-refractivity contribution in [3.63, 3.8) is 0 Å². The van der Waals surface area contributed by atoms with Gasteiger partial charge in [-0.25, -0.2) is 0 Å². The van der Waals surface area contributed by atoms with E-state index in [9.17, 15) is 9.59 Å². The van der Waals surface area contributed by atoms with E-state index >= 15 is 0 Å². The molecule has 0 aliphatic carbocycles. The molecule has 2 aliphatic rings. The van der Waals surface area contributed by atoms with Crippen LogP contribution in [-0.2, 0) is 22.4 Å². The van der Waals surface area contributed by atoms with Gasteiger partial charge in [-0.05, 0) is 42.7 Å². The minimum absolute atomic E-state index is 0.00395. The molecule has 7 rings (SSSR count). The highest BCUT2D eigenvalue weighted by atomic mass is 16.5. The van der Waals surface area contributed by atoms with Crippen LogP contribution >= 0.6 is 0 Å². The Kier molecular flexibility index (Phi) is 5.65. The minimum Gasteiger partial charge on any atom is -0.494 e. The molecular weight excluding hydrogens is 488 g/mol. The summed E-state index contributed by atoms with van der Waals surface area (Å²) in [7, 11) is 0. The molecule has 196 valence electrons. The van der Waals surface area contributed by atoms with Gasteiger partial charge in [-0.3, -0.25) is 9.59 Å². The van der Waals surface area contributed by atoms with Gasteiger partial charge < -0.3 is 24.5 Å². The second kappa shape index (κ2) is 9.34. The average Bonchev–Trinajstić information content (AvgIpc) is 3.55. The molecule has 2 atom stereocenters. The van der Waals surface area contributed by atoms with Gasteiger partial charge in [-0.15, -0.1) is 0 Å². The third-order valence-electron chi connectivity index (χ3n) is 8.18. The maximum absolute atomic E-state index is 14.1. The summed E-state index contributed by atoms with van der Waals surface area (Å²) >= 11 is 0. The number of nitrogens with one attached hydrogen (secondary N) is 2. The molecule has 0 radical (unpaired) electrons. The lowest BCUT2D eigenvalue weighted by molar-refractivity contribution is -0.158. The number of rotatable bonds is 6. The lowest BCUT2D eigenvalue weighted by Gasteiger charge is -2.47. The molecule has 5 aromatic rings. The number of piperazine rings is 1. The molecule has 2 amide bonds. The zero-order valence-electron chi connectivity index (χ0n) is 21.8. The summed E-state index contributed by atoms with van der Waals surface area (Å²) < 4.78 is 6.01. The van der Waals surface area contributed by atoms with Crippen molar-refractivity contribution >= 4 is 33.6 Å². The van der Waals surface area contributed by atoms with Crippen LogP contribution in [0.1, 0.15) is 35.3 Å². The summed E-state index contributed by atoms with van der Waals surface area (Å²) in [6.45, 7) is 3.04. The molecule has 1 fully saturated rings. The van der Waals surface area contributed by atoms with Crippen LogP contribution in [0.5, 0.6) is 5.75 Å². The van der Waals surface area contributed by atoms with Crippen LogP contribution in [0.2, 0.25) is 0 Å². The quantitative estimate of drug-likeness (QED) is 0.333. The molecule has 0 saturated carbocycles. The second-order valence-corrected chi connectivity index (χ2v) is 10.3. The van der Waals surface area contributed by atoms with Gasteiger partial charge in [0, 0.05) is 52.2 Å². The van der Waals surface area contributed by atoms with Crippen molar-refractivity contribution in [2.45, 2.75) is 31.8 Å². The minimum atomic E-state index is -0.569. The maximum Gasteiger partial charge on any atom is 0.246 e. The number of hydrogen-bond donors (Lipinski definition) is 2. The van der Waals surface area contributed by atoms with E-state index in [4.69, 9.17) is 4.74 Å². The van der Waals surface area contributed by atoms with Crippen LogP contribution in [0.25, 0.3) is 21.8 Å². The Morgan fingerprint density at radius 3 is 2.51 bits per heavy atom. The van der Waals surface area contributed by atoms with Gasteiger partial charge in [-0.1, -0.05) is 54.6 Å². The number of amides is 2. The van der Waals surface area contributed by atoms with Crippen LogP contribution in [0.4, 0.5) is 0 Å². The van der Waals surface area contributed by atoms with Gasteiger partial charge in [-0.2, -0.15) is 0 Å². The molecule has 7 nitrogen and oxygen atoms in total. The van der Waals surface area contributed by atoms with Gasteiger partial charge in [0.25, 0.3) is 0 Å². The number of carbonyl (C=O) groups is 2. The lowest BCUT2D eigenvalue weighted by atomic mass is 9.86. The lowest BCUT2D eigenvalue weighted by Crippen LogP contribution is -2.63. The first kappa shape index (κ1) is 23.6. The zero-order valence-corrected chi connectivity index (χ0v) is 21.8. The van der Waals surface area contributed by atoms with Crippen molar-refractivity contribution in [2.75, 3.05) is 19.7 Å². The fraction of sp³-hybridized carbons (Fsp3) is 0.250. The van der Waals surface area contributed by atoms with Gasteiger partial charge in [0.15, 0.2) is 0 Å². The molecule has 2 aliphatic heterocycles. The Morgan fingerprint density at radius 1 is 0.923 bits per heavy atom. The topological polar surface area (TPSA) is 81.4 Å². The van der Waals surface area contributed by atoms with Crippen LogP contribution in [0.15, 0.2) is 79.0 Å². The Morgan fingerprint density at radius 2 is 1.67 bits per heavy atom. The molecule has 2 aromatic heterocycles. The summed E-state index contributed by atoms with van der Waals surface area (Å²) in [5.74, 6) is 0.695. The summed E-state index contributed by atoms with van der Waals surface area (Å²) in [4.78, 5) is 38.4. The molecule has 3 aromatic carbocycles. The van der Waals surface area contributed by atoms with Crippen molar-refractivity contribution in [1.29, 1.82) is 0 Å². The Balaban J connectivity index is 1.27. The normalized spacial score (nSPS) is 19.0. The fourth-order valence-electron chi connectivity index (χ4n) is 6.42. The van der Waals surface area contributed by atoms with E-state index in [1.54, 1.807) is 9.80 Å². The number of aromatic amines is 2.